The zero-order valence-corrected chi connectivity index (χ0v) is 18.3. The molecule has 0 amide bonds. The number of ketones is 1. The molecule has 1 saturated heterocycles. The molecular formula is C26H29N5O. The Bertz CT molecular complexity index is 1160. The van der Waals surface area contributed by atoms with Gasteiger partial charge in [-0.25, -0.2) is 4.98 Å². The number of benzene rings is 1. The number of hydrogen-bond acceptors (Lipinski definition) is 4. The number of Topliss-reactive ketones (excluding diaryl/α,β-unsaturated/α-hetero) is 1. The fourth-order valence-electron chi connectivity index (χ4n) is 4.65. The van der Waals surface area contributed by atoms with Crippen molar-refractivity contribution in [2.75, 3.05) is 19.6 Å². The van der Waals surface area contributed by atoms with Crippen LogP contribution in [0.4, 0.5) is 0 Å². The zero-order valence-electron chi connectivity index (χ0n) is 18.3. The van der Waals surface area contributed by atoms with Crippen LogP contribution in [0.25, 0.3) is 22.3 Å². The summed E-state index contributed by atoms with van der Waals surface area (Å²) in [6.07, 6.45) is 9.55. The number of H-pyrrole nitrogens is 1. The molecule has 4 heterocycles. The maximum absolute atomic E-state index is 12.4. The molecule has 6 heteroatoms. The third-order valence-electron chi connectivity index (χ3n) is 6.52. The Labute approximate surface area is 188 Å². The van der Waals surface area contributed by atoms with E-state index in [1.54, 1.807) is 6.20 Å². The second-order valence-corrected chi connectivity index (χ2v) is 8.80. The third kappa shape index (κ3) is 4.81. The first kappa shape index (κ1) is 20.6. The first-order chi connectivity index (χ1) is 15.7. The molecule has 1 aliphatic rings. The molecular weight excluding hydrogens is 398 g/mol. The Morgan fingerprint density at radius 2 is 1.91 bits per heavy atom. The number of piperidine rings is 1. The molecule has 0 radical (unpaired) electrons. The summed E-state index contributed by atoms with van der Waals surface area (Å²) < 4.78 is 2.33. The molecule has 0 bridgehead atoms. The maximum atomic E-state index is 12.4. The summed E-state index contributed by atoms with van der Waals surface area (Å²) in [5.74, 6) is 0.984. The molecule has 1 fully saturated rings. The predicted octanol–water partition coefficient (Wildman–Crippen LogP) is 4.34. The van der Waals surface area contributed by atoms with Crippen LogP contribution in [0.3, 0.4) is 0 Å². The number of hydrogen-bond donors (Lipinski definition) is 1. The van der Waals surface area contributed by atoms with Crippen molar-refractivity contribution in [3.8, 4) is 11.3 Å². The van der Waals surface area contributed by atoms with Gasteiger partial charge < -0.3 is 4.57 Å². The standard InChI is InChI=1S/C26H29N5O/c32-23(7-6-20-4-2-1-3-5-20)19-30-13-10-21(11-14-30)18-31-15-12-25-26(31)9-8-24(29-25)22-16-27-28-17-22/h1-5,8-9,12,15-17,21H,6-7,10-11,13-14,18-19H2,(H,27,28). The summed E-state index contributed by atoms with van der Waals surface area (Å²) in [6.45, 7) is 3.60. The minimum atomic E-state index is 0.350. The fourth-order valence-corrected chi connectivity index (χ4v) is 4.65. The lowest BCUT2D eigenvalue weighted by molar-refractivity contribution is -0.120. The highest BCUT2D eigenvalue weighted by molar-refractivity contribution is 5.80. The van der Waals surface area contributed by atoms with E-state index < -0.39 is 0 Å². The smallest absolute Gasteiger partial charge is 0.147 e. The number of nitrogens with one attached hydrogen (secondary N) is 1. The molecule has 1 N–H and O–H groups in total. The van der Waals surface area contributed by atoms with E-state index in [1.165, 1.54) is 11.1 Å². The Hall–Kier alpha value is -3.25. The number of rotatable bonds is 8. The SMILES string of the molecule is O=C(CCc1ccccc1)CN1CCC(Cn2ccc3nc(-c4cn[nH]c4)ccc32)CC1. The Morgan fingerprint density at radius 1 is 1.06 bits per heavy atom. The summed E-state index contributed by atoms with van der Waals surface area (Å²) in [6, 6.07) is 16.6. The number of carbonyl (C=O) groups is 1. The van der Waals surface area contributed by atoms with Crippen molar-refractivity contribution >= 4 is 16.8 Å². The van der Waals surface area contributed by atoms with Gasteiger partial charge >= 0.3 is 0 Å². The number of aryl methyl sites for hydroxylation is 1. The van der Waals surface area contributed by atoms with Gasteiger partial charge in [0.15, 0.2) is 0 Å². The Balaban J connectivity index is 1.12. The van der Waals surface area contributed by atoms with Crippen LogP contribution in [0.5, 0.6) is 0 Å². The van der Waals surface area contributed by atoms with Crippen molar-refractivity contribution in [3.05, 3.63) is 72.7 Å². The quantitative estimate of drug-likeness (QED) is 0.454. The third-order valence-corrected chi connectivity index (χ3v) is 6.52. The van der Waals surface area contributed by atoms with E-state index in [0.29, 0.717) is 24.7 Å². The van der Waals surface area contributed by atoms with E-state index in [4.69, 9.17) is 4.98 Å². The van der Waals surface area contributed by atoms with E-state index in [1.807, 2.05) is 24.4 Å². The van der Waals surface area contributed by atoms with Crippen LogP contribution in [-0.4, -0.2) is 50.1 Å². The topological polar surface area (TPSA) is 66.8 Å². The monoisotopic (exact) mass is 427 g/mol. The van der Waals surface area contributed by atoms with Gasteiger partial charge in [0.05, 0.1) is 29.5 Å². The highest BCUT2D eigenvalue weighted by Crippen LogP contribution is 2.24. The normalized spacial score (nSPS) is 15.4. The van der Waals surface area contributed by atoms with E-state index in [9.17, 15) is 4.79 Å². The van der Waals surface area contributed by atoms with Crippen molar-refractivity contribution in [2.45, 2.75) is 32.2 Å². The lowest BCUT2D eigenvalue weighted by Gasteiger charge is -2.31. The van der Waals surface area contributed by atoms with Gasteiger partial charge in [-0.15, -0.1) is 0 Å². The molecule has 0 unspecified atom stereocenters. The number of likely N-dealkylation sites (tertiary alicyclic amines) is 1. The molecule has 5 rings (SSSR count). The van der Waals surface area contributed by atoms with Crippen molar-refractivity contribution in [3.63, 3.8) is 0 Å². The van der Waals surface area contributed by atoms with Gasteiger partial charge in [-0.1, -0.05) is 30.3 Å². The van der Waals surface area contributed by atoms with Gasteiger partial charge in [0, 0.05) is 30.9 Å². The molecule has 0 atom stereocenters. The van der Waals surface area contributed by atoms with E-state index in [2.05, 4.69) is 56.2 Å². The van der Waals surface area contributed by atoms with Crippen LogP contribution in [0.15, 0.2) is 67.1 Å². The second kappa shape index (κ2) is 9.49. The fraction of sp³-hybridized carbons (Fsp3) is 0.346. The lowest BCUT2D eigenvalue weighted by Crippen LogP contribution is -2.38. The molecule has 0 spiro atoms. The average molecular weight is 428 g/mol. The number of nitrogens with zero attached hydrogens (tertiary/aromatic N) is 4. The summed E-state index contributed by atoms with van der Waals surface area (Å²) in [7, 11) is 0. The number of aromatic amines is 1. The van der Waals surface area contributed by atoms with E-state index in [0.717, 1.165) is 55.7 Å². The van der Waals surface area contributed by atoms with Crippen molar-refractivity contribution in [1.82, 2.24) is 24.6 Å². The molecule has 0 saturated carbocycles. The van der Waals surface area contributed by atoms with Crippen LogP contribution in [-0.2, 0) is 17.8 Å². The van der Waals surface area contributed by atoms with Crippen LogP contribution >= 0.6 is 0 Å². The summed E-state index contributed by atoms with van der Waals surface area (Å²) in [4.78, 5) is 19.5. The van der Waals surface area contributed by atoms with Crippen LogP contribution in [0.2, 0.25) is 0 Å². The van der Waals surface area contributed by atoms with Gasteiger partial charge in [0.25, 0.3) is 0 Å². The Kier molecular flexibility index (Phi) is 6.12. The largest absolute Gasteiger partial charge is 0.346 e. The molecule has 32 heavy (non-hydrogen) atoms. The molecule has 3 aromatic heterocycles. The highest BCUT2D eigenvalue weighted by Gasteiger charge is 2.21. The van der Waals surface area contributed by atoms with Crippen LogP contribution in [0, 0.1) is 5.92 Å². The van der Waals surface area contributed by atoms with Gasteiger partial charge in [-0.3, -0.25) is 14.8 Å². The predicted molar refractivity (Wildman–Crippen MR) is 126 cm³/mol. The van der Waals surface area contributed by atoms with Gasteiger partial charge in [0.1, 0.15) is 5.78 Å². The van der Waals surface area contributed by atoms with E-state index >= 15 is 0 Å². The molecule has 4 aromatic rings. The highest BCUT2D eigenvalue weighted by atomic mass is 16.1. The summed E-state index contributed by atoms with van der Waals surface area (Å²) in [5.41, 5.74) is 5.38. The number of aromatic nitrogens is 4. The minimum absolute atomic E-state index is 0.350. The number of carbonyl (C=O) groups excluding carboxylic acids is 1. The van der Waals surface area contributed by atoms with Crippen molar-refractivity contribution < 1.29 is 4.79 Å². The number of fused-ring (bicyclic) bond motifs is 1. The van der Waals surface area contributed by atoms with Gasteiger partial charge in [-0.2, -0.15) is 5.10 Å². The maximum Gasteiger partial charge on any atom is 0.147 e. The summed E-state index contributed by atoms with van der Waals surface area (Å²) >= 11 is 0. The molecule has 6 nitrogen and oxygen atoms in total. The second-order valence-electron chi connectivity index (χ2n) is 8.80. The first-order valence-electron chi connectivity index (χ1n) is 11.5. The molecule has 164 valence electrons. The van der Waals surface area contributed by atoms with Crippen LogP contribution in [0.1, 0.15) is 24.8 Å². The lowest BCUT2D eigenvalue weighted by atomic mass is 9.96. The minimum Gasteiger partial charge on any atom is -0.346 e. The van der Waals surface area contributed by atoms with E-state index in [-0.39, 0.29) is 0 Å². The van der Waals surface area contributed by atoms with Crippen LogP contribution < -0.4 is 0 Å². The average Bonchev–Trinajstić information content (AvgIpc) is 3.50. The summed E-state index contributed by atoms with van der Waals surface area (Å²) in [5, 5.41) is 6.86. The van der Waals surface area contributed by atoms with Crippen molar-refractivity contribution in [1.29, 1.82) is 0 Å². The van der Waals surface area contributed by atoms with Gasteiger partial charge in [0.2, 0.25) is 0 Å². The zero-order chi connectivity index (χ0) is 21.8. The Morgan fingerprint density at radius 3 is 2.69 bits per heavy atom. The van der Waals surface area contributed by atoms with Gasteiger partial charge in [-0.05, 0) is 62.0 Å². The van der Waals surface area contributed by atoms with Crippen molar-refractivity contribution in [2.24, 2.45) is 5.92 Å². The molecule has 0 aliphatic carbocycles. The molecule has 1 aliphatic heterocycles. The molecule has 1 aromatic carbocycles. The number of pyridine rings is 1. The first-order valence-corrected chi connectivity index (χ1v) is 11.5.